The van der Waals surface area contributed by atoms with Crippen LogP contribution in [0.2, 0.25) is 0 Å². The Balaban J connectivity index is 2.81. The predicted molar refractivity (Wildman–Crippen MR) is 78.3 cm³/mol. The van der Waals surface area contributed by atoms with E-state index >= 15 is 0 Å². The summed E-state index contributed by atoms with van der Waals surface area (Å²) in [7, 11) is 0. The van der Waals surface area contributed by atoms with Crippen LogP contribution in [0.5, 0.6) is 0 Å². The van der Waals surface area contributed by atoms with Crippen molar-refractivity contribution in [2.24, 2.45) is 0 Å². The van der Waals surface area contributed by atoms with Gasteiger partial charge in [-0.2, -0.15) is 0 Å². The van der Waals surface area contributed by atoms with Crippen molar-refractivity contribution in [1.82, 2.24) is 4.90 Å². The molecule has 0 amide bonds. The first-order valence-corrected chi connectivity index (χ1v) is 7.05. The van der Waals surface area contributed by atoms with Crippen LogP contribution in [0.4, 0.5) is 0 Å². The van der Waals surface area contributed by atoms with Gasteiger partial charge < -0.3 is 5.11 Å². The predicted octanol–water partition coefficient (Wildman–Crippen LogP) is 3.50. The van der Waals surface area contributed by atoms with Gasteiger partial charge in [0.05, 0.1) is 6.42 Å². The summed E-state index contributed by atoms with van der Waals surface area (Å²) in [5.74, 6) is -0.737. The maximum absolute atomic E-state index is 10.8. The highest BCUT2D eigenvalue weighted by Gasteiger charge is 2.21. The van der Waals surface area contributed by atoms with E-state index in [4.69, 9.17) is 5.11 Å². The molecule has 0 fully saturated rings. The average Bonchev–Trinajstić information content (AvgIpc) is 2.38. The number of hydrogen-bond donors (Lipinski definition) is 1. The maximum Gasteiger partial charge on any atom is 0.304 e. The molecular weight excluding hydrogens is 238 g/mol. The molecule has 19 heavy (non-hydrogen) atoms. The summed E-state index contributed by atoms with van der Waals surface area (Å²) < 4.78 is 0. The van der Waals surface area contributed by atoms with Gasteiger partial charge in [-0.25, -0.2) is 0 Å². The van der Waals surface area contributed by atoms with Gasteiger partial charge in [0.15, 0.2) is 0 Å². The maximum atomic E-state index is 10.8. The third-order valence-corrected chi connectivity index (χ3v) is 3.77. The lowest BCUT2D eigenvalue weighted by Crippen LogP contribution is -2.36. The fourth-order valence-corrected chi connectivity index (χ4v) is 2.56. The lowest BCUT2D eigenvalue weighted by atomic mass is 10.0. The molecule has 2 atom stereocenters. The summed E-state index contributed by atoms with van der Waals surface area (Å²) in [5.41, 5.74) is 2.58. The normalized spacial score (nSPS) is 14.4. The van der Waals surface area contributed by atoms with E-state index in [2.05, 4.69) is 49.9 Å². The number of carbonyl (C=O) groups is 1. The standard InChI is InChI=1S/C16H25NO2/c1-5-14-7-9-15(10-8-14)13(4)17(6-2)12(3)11-16(18)19/h7-10,12-13H,5-6,11H2,1-4H3,(H,18,19). The third-order valence-electron chi connectivity index (χ3n) is 3.77. The summed E-state index contributed by atoms with van der Waals surface area (Å²) in [6, 6.07) is 8.90. The van der Waals surface area contributed by atoms with E-state index in [1.54, 1.807) is 0 Å². The Morgan fingerprint density at radius 2 is 1.79 bits per heavy atom. The fraction of sp³-hybridized carbons (Fsp3) is 0.562. The average molecular weight is 263 g/mol. The molecule has 0 aliphatic rings. The van der Waals surface area contributed by atoms with Crippen LogP contribution in [0.1, 0.15) is 51.3 Å². The molecule has 3 heteroatoms. The first-order chi connectivity index (χ1) is 8.99. The zero-order valence-electron chi connectivity index (χ0n) is 12.4. The van der Waals surface area contributed by atoms with Gasteiger partial charge >= 0.3 is 5.97 Å². The van der Waals surface area contributed by atoms with Crippen LogP contribution in [-0.2, 0) is 11.2 Å². The van der Waals surface area contributed by atoms with Crippen LogP contribution in [0.3, 0.4) is 0 Å². The highest BCUT2D eigenvalue weighted by molar-refractivity contribution is 5.67. The van der Waals surface area contributed by atoms with Crippen molar-refractivity contribution >= 4 is 5.97 Å². The van der Waals surface area contributed by atoms with E-state index in [-0.39, 0.29) is 18.5 Å². The molecule has 106 valence electrons. The Morgan fingerprint density at radius 3 is 2.21 bits per heavy atom. The van der Waals surface area contributed by atoms with Crippen molar-refractivity contribution in [2.75, 3.05) is 6.54 Å². The summed E-state index contributed by atoms with van der Waals surface area (Å²) in [6.45, 7) is 9.20. The van der Waals surface area contributed by atoms with Gasteiger partial charge in [0, 0.05) is 12.1 Å². The molecule has 1 N–H and O–H groups in total. The van der Waals surface area contributed by atoms with Crippen LogP contribution >= 0.6 is 0 Å². The second-order valence-corrected chi connectivity index (χ2v) is 5.05. The lowest BCUT2D eigenvalue weighted by Gasteiger charge is -2.33. The highest BCUT2D eigenvalue weighted by atomic mass is 16.4. The van der Waals surface area contributed by atoms with E-state index in [0.717, 1.165) is 13.0 Å². The summed E-state index contributed by atoms with van der Waals surface area (Å²) in [5, 5.41) is 8.92. The molecule has 0 bridgehead atoms. The molecule has 3 nitrogen and oxygen atoms in total. The smallest absolute Gasteiger partial charge is 0.304 e. The molecule has 1 rings (SSSR count). The Bertz CT molecular complexity index is 400. The van der Waals surface area contributed by atoms with Crippen LogP contribution in [0, 0.1) is 0 Å². The third kappa shape index (κ3) is 4.35. The fourth-order valence-electron chi connectivity index (χ4n) is 2.56. The highest BCUT2D eigenvalue weighted by Crippen LogP contribution is 2.23. The first kappa shape index (κ1) is 15.7. The van der Waals surface area contributed by atoms with Crippen LogP contribution in [-0.4, -0.2) is 28.6 Å². The van der Waals surface area contributed by atoms with Crippen molar-refractivity contribution in [3.05, 3.63) is 35.4 Å². The van der Waals surface area contributed by atoms with Gasteiger partial charge in [0.2, 0.25) is 0 Å². The largest absolute Gasteiger partial charge is 0.481 e. The van der Waals surface area contributed by atoms with Crippen LogP contribution < -0.4 is 0 Å². The zero-order chi connectivity index (χ0) is 14.4. The topological polar surface area (TPSA) is 40.5 Å². The number of nitrogens with zero attached hydrogens (tertiary/aromatic N) is 1. The van der Waals surface area contributed by atoms with Crippen molar-refractivity contribution in [2.45, 2.75) is 52.6 Å². The van der Waals surface area contributed by atoms with E-state index in [1.165, 1.54) is 11.1 Å². The number of rotatable bonds is 7. The van der Waals surface area contributed by atoms with Gasteiger partial charge in [-0.1, -0.05) is 38.1 Å². The number of hydrogen-bond acceptors (Lipinski definition) is 2. The van der Waals surface area contributed by atoms with Gasteiger partial charge in [-0.3, -0.25) is 9.69 Å². The molecule has 0 spiro atoms. The lowest BCUT2D eigenvalue weighted by molar-refractivity contribution is -0.138. The number of carboxylic acids is 1. The molecular formula is C16H25NO2. The monoisotopic (exact) mass is 263 g/mol. The number of aliphatic carboxylic acids is 1. The number of benzene rings is 1. The van der Waals surface area contributed by atoms with Gasteiger partial charge in [0.25, 0.3) is 0 Å². The summed E-state index contributed by atoms with van der Waals surface area (Å²) in [6.07, 6.45) is 1.23. The number of aryl methyl sites for hydroxylation is 1. The Kier molecular flexibility index (Phi) is 6.03. The number of carboxylic acid groups (broad SMARTS) is 1. The molecule has 1 aromatic carbocycles. The van der Waals surface area contributed by atoms with Crippen molar-refractivity contribution < 1.29 is 9.90 Å². The Hall–Kier alpha value is -1.35. The van der Waals surface area contributed by atoms with E-state index in [1.807, 2.05) is 6.92 Å². The van der Waals surface area contributed by atoms with Crippen molar-refractivity contribution in [3.63, 3.8) is 0 Å². The summed E-state index contributed by atoms with van der Waals surface area (Å²) >= 11 is 0. The molecule has 0 saturated carbocycles. The minimum atomic E-state index is -0.737. The first-order valence-electron chi connectivity index (χ1n) is 7.05. The second-order valence-electron chi connectivity index (χ2n) is 5.05. The van der Waals surface area contributed by atoms with Gasteiger partial charge in [-0.15, -0.1) is 0 Å². The minimum absolute atomic E-state index is 0.0448. The molecule has 0 aliphatic heterocycles. The molecule has 0 aromatic heterocycles. The van der Waals surface area contributed by atoms with Crippen LogP contribution in [0.15, 0.2) is 24.3 Å². The molecule has 0 radical (unpaired) electrons. The minimum Gasteiger partial charge on any atom is -0.481 e. The molecule has 1 aromatic rings. The van der Waals surface area contributed by atoms with Crippen molar-refractivity contribution in [3.8, 4) is 0 Å². The van der Waals surface area contributed by atoms with Gasteiger partial charge in [-0.05, 0) is 37.9 Å². The van der Waals surface area contributed by atoms with Crippen LogP contribution in [0.25, 0.3) is 0 Å². The molecule has 0 saturated heterocycles. The quantitative estimate of drug-likeness (QED) is 0.818. The van der Waals surface area contributed by atoms with E-state index in [9.17, 15) is 4.79 Å². The zero-order valence-corrected chi connectivity index (χ0v) is 12.4. The van der Waals surface area contributed by atoms with Gasteiger partial charge in [0.1, 0.15) is 0 Å². The van der Waals surface area contributed by atoms with Crippen molar-refractivity contribution in [1.29, 1.82) is 0 Å². The SMILES string of the molecule is CCc1ccc(C(C)N(CC)C(C)CC(=O)O)cc1. The second kappa shape index (κ2) is 7.29. The Labute approximate surface area is 116 Å². The molecule has 0 heterocycles. The van der Waals surface area contributed by atoms with E-state index in [0.29, 0.717) is 0 Å². The van der Waals surface area contributed by atoms with E-state index < -0.39 is 5.97 Å². The molecule has 0 aliphatic carbocycles. The molecule has 2 unspecified atom stereocenters. The Morgan fingerprint density at radius 1 is 1.21 bits per heavy atom. The summed E-state index contributed by atoms with van der Waals surface area (Å²) in [4.78, 5) is 13.1.